The van der Waals surface area contributed by atoms with Crippen LogP contribution in [0.15, 0.2) is 18.2 Å². The average Bonchev–Trinajstić information content (AvgIpc) is 3.27. The third-order valence-corrected chi connectivity index (χ3v) is 5.77. The number of aryl methyl sites for hydroxylation is 1. The normalized spacial score (nSPS) is 15.6. The molecule has 3 rings (SSSR count). The van der Waals surface area contributed by atoms with E-state index in [0.29, 0.717) is 21.0 Å². The SMILES string of the molecule is CC.CC(=O)c1sc(Nc2ccc(C)cc2F)c(C(=O)NC2CCNC2)c1C. The first-order chi connectivity index (χ1) is 13.4. The number of anilines is 2. The molecule has 0 saturated carbocycles. The highest BCUT2D eigenvalue weighted by molar-refractivity contribution is 7.18. The maximum Gasteiger partial charge on any atom is 0.254 e. The lowest BCUT2D eigenvalue weighted by molar-refractivity contribution is 0.0940. The third-order valence-electron chi connectivity index (χ3n) is 4.46. The van der Waals surface area contributed by atoms with Crippen molar-refractivity contribution in [1.29, 1.82) is 0 Å². The monoisotopic (exact) mass is 405 g/mol. The standard InChI is InChI=1S/C19H22FN3O2S.C2H6/c1-10-4-5-15(14(20)8-10)23-19-16(11(2)17(26-19)12(3)24)18(25)22-13-6-7-21-9-13;1-2/h4-5,8,13,21,23H,6-7,9H2,1-3H3,(H,22,25);1-2H3. The average molecular weight is 406 g/mol. The van der Waals surface area contributed by atoms with Crippen molar-refractivity contribution >= 4 is 33.7 Å². The van der Waals surface area contributed by atoms with Gasteiger partial charge in [0.1, 0.15) is 10.8 Å². The number of Topliss-reactive ketones (excluding diaryl/α,β-unsaturated/α-hetero) is 1. The number of amides is 1. The lowest BCUT2D eigenvalue weighted by Crippen LogP contribution is -2.36. The van der Waals surface area contributed by atoms with Gasteiger partial charge >= 0.3 is 0 Å². The summed E-state index contributed by atoms with van der Waals surface area (Å²) in [6.45, 7) is 10.6. The summed E-state index contributed by atoms with van der Waals surface area (Å²) in [7, 11) is 0. The molecule has 7 heteroatoms. The molecule has 1 atom stereocenters. The van der Waals surface area contributed by atoms with Crippen molar-refractivity contribution in [3.63, 3.8) is 0 Å². The molecule has 1 unspecified atom stereocenters. The summed E-state index contributed by atoms with van der Waals surface area (Å²) in [4.78, 5) is 25.3. The van der Waals surface area contributed by atoms with Crippen LogP contribution in [0.25, 0.3) is 0 Å². The molecule has 2 heterocycles. The van der Waals surface area contributed by atoms with E-state index in [0.717, 1.165) is 25.1 Å². The van der Waals surface area contributed by atoms with Gasteiger partial charge in [0, 0.05) is 12.6 Å². The Kier molecular flexibility index (Phi) is 7.71. The zero-order valence-corrected chi connectivity index (χ0v) is 17.8. The third kappa shape index (κ3) is 4.97. The summed E-state index contributed by atoms with van der Waals surface area (Å²) < 4.78 is 14.2. The number of carbonyl (C=O) groups excluding carboxylic acids is 2. The van der Waals surface area contributed by atoms with Crippen molar-refractivity contribution in [2.45, 2.75) is 47.1 Å². The van der Waals surface area contributed by atoms with Gasteiger partial charge in [-0.05, 0) is 57.0 Å². The first kappa shape index (κ1) is 22.0. The number of rotatable bonds is 5. The number of thiophene rings is 1. The van der Waals surface area contributed by atoms with E-state index in [9.17, 15) is 14.0 Å². The van der Waals surface area contributed by atoms with Crippen LogP contribution in [0.4, 0.5) is 15.1 Å². The van der Waals surface area contributed by atoms with E-state index in [4.69, 9.17) is 0 Å². The number of benzene rings is 1. The Morgan fingerprint density at radius 3 is 2.54 bits per heavy atom. The number of hydrogen-bond donors (Lipinski definition) is 3. The quantitative estimate of drug-likeness (QED) is 0.638. The van der Waals surface area contributed by atoms with Gasteiger partial charge in [-0.15, -0.1) is 11.3 Å². The molecule has 5 nitrogen and oxygen atoms in total. The predicted octanol–water partition coefficient (Wildman–Crippen LogP) is 4.57. The van der Waals surface area contributed by atoms with E-state index in [1.807, 2.05) is 20.8 Å². The summed E-state index contributed by atoms with van der Waals surface area (Å²) in [5, 5.41) is 9.69. The summed E-state index contributed by atoms with van der Waals surface area (Å²) in [5.74, 6) is -0.747. The Bertz CT molecular complexity index is 858. The minimum Gasteiger partial charge on any atom is -0.348 e. The number of nitrogens with one attached hydrogen (secondary N) is 3. The van der Waals surface area contributed by atoms with Crippen molar-refractivity contribution in [2.75, 3.05) is 18.4 Å². The Labute approximate surface area is 169 Å². The van der Waals surface area contributed by atoms with Crippen LogP contribution in [0, 0.1) is 19.7 Å². The molecule has 1 aliphatic heterocycles. The van der Waals surface area contributed by atoms with E-state index >= 15 is 0 Å². The van der Waals surface area contributed by atoms with Crippen LogP contribution in [0.1, 0.15) is 58.3 Å². The molecule has 0 spiro atoms. The number of hydrogen-bond acceptors (Lipinski definition) is 5. The molecule has 1 amide bonds. The fourth-order valence-corrected chi connectivity index (χ4v) is 4.20. The van der Waals surface area contributed by atoms with Crippen LogP contribution in [0.2, 0.25) is 0 Å². The topological polar surface area (TPSA) is 70.2 Å². The molecule has 152 valence electrons. The van der Waals surface area contributed by atoms with Crippen molar-refractivity contribution in [1.82, 2.24) is 10.6 Å². The molecule has 28 heavy (non-hydrogen) atoms. The predicted molar refractivity (Wildman–Crippen MR) is 114 cm³/mol. The minimum atomic E-state index is -0.397. The van der Waals surface area contributed by atoms with Gasteiger partial charge in [-0.25, -0.2) is 4.39 Å². The Morgan fingerprint density at radius 2 is 1.96 bits per heavy atom. The maximum absolute atomic E-state index is 14.2. The summed E-state index contributed by atoms with van der Waals surface area (Å²) in [6, 6.07) is 4.92. The summed E-state index contributed by atoms with van der Waals surface area (Å²) in [6.07, 6.45) is 0.865. The molecular weight excluding hydrogens is 377 g/mol. The molecular formula is C21H28FN3O2S. The molecule has 1 saturated heterocycles. The van der Waals surface area contributed by atoms with Crippen LogP contribution in [-0.2, 0) is 0 Å². The van der Waals surface area contributed by atoms with E-state index in [1.54, 1.807) is 19.1 Å². The minimum absolute atomic E-state index is 0.0616. The van der Waals surface area contributed by atoms with Crippen LogP contribution < -0.4 is 16.0 Å². The van der Waals surface area contributed by atoms with Gasteiger partial charge in [0.2, 0.25) is 0 Å². The molecule has 0 radical (unpaired) electrons. The van der Waals surface area contributed by atoms with Crippen LogP contribution in [0.5, 0.6) is 0 Å². The Morgan fingerprint density at radius 1 is 1.25 bits per heavy atom. The highest BCUT2D eigenvalue weighted by Gasteiger charge is 2.26. The molecule has 0 bridgehead atoms. The second-order valence-electron chi connectivity index (χ2n) is 6.59. The van der Waals surface area contributed by atoms with Gasteiger partial charge in [-0.2, -0.15) is 0 Å². The van der Waals surface area contributed by atoms with Crippen LogP contribution >= 0.6 is 11.3 Å². The number of carbonyl (C=O) groups is 2. The van der Waals surface area contributed by atoms with Crippen molar-refractivity contribution in [3.05, 3.63) is 45.6 Å². The summed E-state index contributed by atoms with van der Waals surface area (Å²) >= 11 is 1.18. The lowest BCUT2D eigenvalue weighted by atomic mass is 10.1. The van der Waals surface area contributed by atoms with E-state index in [1.165, 1.54) is 24.3 Å². The largest absolute Gasteiger partial charge is 0.348 e. The molecule has 0 aliphatic carbocycles. The van der Waals surface area contributed by atoms with Crippen molar-refractivity contribution in [3.8, 4) is 0 Å². The van der Waals surface area contributed by atoms with Gasteiger partial charge < -0.3 is 16.0 Å². The Balaban J connectivity index is 0.00000136. The first-order valence-electron chi connectivity index (χ1n) is 9.56. The van der Waals surface area contributed by atoms with Crippen LogP contribution in [0.3, 0.4) is 0 Å². The van der Waals surface area contributed by atoms with E-state index in [2.05, 4.69) is 16.0 Å². The summed E-state index contributed by atoms with van der Waals surface area (Å²) in [5.41, 5.74) is 2.13. The zero-order chi connectivity index (χ0) is 20.8. The molecule has 2 aromatic rings. The molecule has 3 N–H and O–H groups in total. The van der Waals surface area contributed by atoms with E-state index in [-0.39, 0.29) is 23.4 Å². The van der Waals surface area contributed by atoms with Gasteiger partial charge in [0.25, 0.3) is 5.91 Å². The molecule has 1 aliphatic rings. The number of ketones is 1. The maximum atomic E-state index is 14.2. The van der Waals surface area contributed by atoms with Gasteiger partial charge in [0.15, 0.2) is 5.78 Å². The highest BCUT2D eigenvalue weighted by Crippen LogP contribution is 2.36. The smallest absolute Gasteiger partial charge is 0.254 e. The van der Waals surface area contributed by atoms with Crippen molar-refractivity contribution < 1.29 is 14.0 Å². The van der Waals surface area contributed by atoms with Gasteiger partial charge in [-0.1, -0.05) is 19.9 Å². The number of halogens is 1. The molecule has 1 fully saturated rings. The molecule has 1 aromatic heterocycles. The van der Waals surface area contributed by atoms with Gasteiger partial charge in [-0.3, -0.25) is 9.59 Å². The first-order valence-corrected chi connectivity index (χ1v) is 10.4. The lowest BCUT2D eigenvalue weighted by Gasteiger charge is -2.13. The molecule has 1 aromatic carbocycles. The highest BCUT2D eigenvalue weighted by atomic mass is 32.1. The zero-order valence-electron chi connectivity index (χ0n) is 17.0. The Hall–Kier alpha value is -2.25. The van der Waals surface area contributed by atoms with Crippen molar-refractivity contribution in [2.24, 2.45) is 0 Å². The second kappa shape index (κ2) is 9.80. The van der Waals surface area contributed by atoms with E-state index < -0.39 is 5.82 Å². The second-order valence-corrected chi connectivity index (χ2v) is 7.61. The fourth-order valence-electron chi connectivity index (χ4n) is 3.09. The fraction of sp³-hybridized carbons (Fsp3) is 0.429. The van der Waals surface area contributed by atoms with Crippen LogP contribution in [-0.4, -0.2) is 30.8 Å². The van der Waals surface area contributed by atoms with Gasteiger partial charge in [0.05, 0.1) is 16.1 Å².